The molecular formula is C25H34ClN3O4S. The zero-order chi connectivity index (χ0) is 25.3. The highest BCUT2D eigenvalue weighted by Crippen LogP contribution is 2.23. The molecule has 9 heteroatoms. The van der Waals surface area contributed by atoms with Crippen LogP contribution >= 0.6 is 11.6 Å². The summed E-state index contributed by atoms with van der Waals surface area (Å²) >= 11 is 5.99. The van der Waals surface area contributed by atoms with E-state index in [4.69, 9.17) is 11.6 Å². The van der Waals surface area contributed by atoms with Crippen LogP contribution in [-0.4, -0.2) is 50.5 Å². The second-order valence-electron chi connectivity index (χ2n) is 8.19. The van der Waals surface area contributed by atoms with Crippen LogP contribution in [0, 0.1) is 6.92 Å². The maximum Gasteiger partial charge on any atom is 0.242 e. The van der Waals surface area contributed by atoms with Gasteiger partial charge in [0.1, 0.15) is 6.04 Å². The molecule has 0 fully saturated rings. The number of nitrogens with one attached hydrogen (secondary N) is 1. The van der Waals surface area contributed by atoms with Crippen LogP contribution in [0.25, 0.3) is 0 Å². The minimum atomic E-state index is -3.52. The average Bonchev–Trinajstić information content (AvgIpc) is 2.78. The number of benzene rings is 2. The molecule has 0 saturated heterocycles. The van der Waals surface area contributed by atoms with E-state index in [1.807, 2.05) is 45.0 Å². The van der Waals surface area contributed by atoms with E-state index in [9.17, 15) is 18.0 Å². The third-order valence-corrected chi connectivity index (χ3v) is 6.97. The Morgan fingerprint density at radius 2 is 1.71 bits per heavy atom. The number of likely N-dealkylation sites (N-methyl/N-ethyl adjacent to an activating group) is 1. The number of aryl methyl sites for hydroxylation is 1. The molecule has 34 heavy (non-hydrogen) atoms. The predicted octanol–water partition coefficient (Wildman–Crippen LogP) is 4.14. The van der Waals surface area contributed by atoms with Crippen molar-refractivity contribution in [2.75, 3.05) is 23.7 Å². The van der Waals surface area contributed by atoms with Gasteiger partial charge in [0.05, 0.1) is 11.9 Å². The van der Waals surface area contributed by atoms with Crippen LogP contribution in [0.1, 0.15) is 44.2 Å². The SMILES string of the molecule is CCNC(=O)[C@H](CC)N(Cc1ccc(Cl)cc1)C(=O)CCCN(c1ccccc1C)S(C)(=O)=O. The Kier molecular flexibility index (Phi) is 10.4. The summed E-state index contributed by atoms with van der Waals surface area (Å²) in [6, 6.07) is 13.8. The van der Waals surface area contributed by atoms with Crippen molar-refractivity contribution in [2.45, 2.75) is 52.6 Å². The number of anilines is 1. The van der Waals surface area contributed by atoms with Crippen molar-refractivity contribution in [3.05, 3.63) is 64.7 Å². The number of carbonyl (C=O) groups excluding carboxylic acids is 2. The lowest BCUT2D eigenvalue weighted by Crippen LogP contribution is -2.49. The number of halogens is 1. The van der Waals surface area contributed by atoms with Crippen molar-refractivity contribution in [1.29, 1.82) is 0 Å². The number of hydrogen-bond acceptors (Lipinski definition) is 4. The van der Waals surface area contributed by atoms with Crippen molar-refractivity contribution in [1.82, 2.24) is 10.2 Å². The Morgan fingerprint density at radius 1 is 1.06 bits per heavy atom. The molecule has 0 unspecified atom stereocenters. The fraction of sp³-hybridized carbons (Fsp3) is 0.440. The maximum atomic E-state index is 13.3. The number of para-hydroxylation sites is 1. The fourth-order valence-corrected chi connectivity index (χ4v) is 4.97. The van der Waals surface area contributed by atoms with Crippen LogP contribution < -0.4 is 9.62 Å². The largest absolute Gasteiger partial charge is 0.355 e. The summed E-state index contributed by atoms with van der Waals surface area (Å²) < 4.78 is 26.2. The minimum absolute atomic E-state index is 0.112. The van der Waals surface area contributed by atoms with Gasteiger partial charge in [0.2, 0.25) is 21.8 Å². The summed E-state index contributed by atoms with van der Waals surface area (Å²) in [4.78, 5) is 27.6. The summed E-state index contributed by atoms with van der Waals surface area (Å²) in [6.45, 7) is 6.46. The van der Waals surface area contributed by atoms with Crippen molar-refractivity contribution in [2.24, 2.45) is 0 Å². The van der Waals surface area contributed by atoms with Gasteiger partial charge in [-0.15, -0.1) is 0 Å². The standard InChI is InChI=1S/C25H34ClN3O4S/c1-5-22(25(31)27-6-2)28(18-20-13-15-21(26)16-14-20)24(30)12-9-17-29(34(4,32)33)23-11-8-7-10-19(23)3/h7-8,10-11,13-16,22H,5-6,9,12,17-18H2,1-4H3,(H,27,31)/t22-/m0/s1. The van der Waals surface area contributed by atoms with Gasteiger partial charge in [-0.25, -0.2) is 8.42 Å². The van der Waals surface area contributed by atoms with Crippen molar-refractivity contribution in [3.8, 4) is 0 Å². The molecule has 2 amide bonds. The number of carbonyl (C=O) groups is 2. The van der Waals surface area contributed by atoms with Gasteiger partial charge in [-0.2, -0.15) is 0 Å². The molecule has 0 aliphatic carbocycles. The topological polar surface area (TPSA) is 86.8 Å². The summed E-state index contributed by atoms with van der Waals surface area (Å²) in [7, 11) is -3.52. The Hall–Kier alpha value is -2.58. The normalized spacial score (nSPS) is 12.1. The zero-order valence-electron chi connectivity index (χ0n) is 20.3. The van der Waals surface area contributed by atoms with Crippen molar-refractivity contribution in [3.63, 3.8) is 0 Å². The Labute approximate surface area is 208 Å². The highest BCUT2D eigenvalue weighted by Gasteiger charge is 2.28. The number of hydrogen-bond donors (Lipinski definition) is 1. The van der Waals surface area contributed by atoms with E-state index in [-0.39, 0.29) is 31.3 Å². The van der Waals surface area contributed by atoms with Crippen LogP contribution in [-0.2, 0) is 26.2 Å². The second-order valence-corrected chi connectivity index (χ2v) is 10.5. The monoisotopic (exact) mass is 507 g/mol. The minimum Gasteiger partial charge on any atom is -0.355 e. The summed E-state index contributed by atoms with van der Waals surface area (Å²) in [5.41, 5.74) is 2.30. The van der Waals surface area contributed by atoms with Crippen LogP contribution in [0.3, 0.4) is 0 Å². The van der Waals surface area contributed by atoms with Crippen LogP contribution in [0.4, 0.5) is 5.69 Å². The molecule has 2 rings (SSSR count). The average molecular weight is 508 g/mol. The third-order valence-electron chi connectivity index (χ3n) is 5.54. The number of nitrogens with zero attached hydrogens (tertiary/aromatic N) is 2. The fourth-order valence-electron chi connectivity index (χ4n) is 3.82. The molecule has 0 aliphatic rings. The molecule has 0 bridgehead atoms. The predicted molar refractivity (Wildman–Crippen MR) is 137 cm³/mol. The molecule has 0 aromatic heterocycles. The van der Waals surface area contributed by atoms with Gasteiger partial charge >= 0.3 is 0 Å². The third kappa shape index (κ3) is 7.74. The first kappa shape index (κ1) is 27.7. The second kappa shape index (κ2) is 12.8. The highest BCUT2D eigenvalue weighted by atomic mass is 35.5. The number of sulfonamides is 1. The van der Waals surface area contributed by atoms with Crippen LogP contribution in [0.15, 0.2) is 48.5 Å². The van der Waals surface area contributed by atoms with Gasteiger partial charge in [0.15, 0.2) is 0 Å². The maximum absolute atomic E-state index is 13.3. The molecule has 0 heterocycles. The van der Waals surface area contributed by atoms with Gasteiger partial charge in [-0.05, 0) is 56.0 Å². The molecule has 186 valence electrons. The van der Waals surface area contributed by atoms with E-state index < -0.39 is 16.1 Å². The van der Waals surface area contributed by atoms with Gasteiger partial charge in [-0.3, -0.25) is 13.9 Å². The van der Waals surface area contributed by atoms with Crippen LogP contribution in [0.2, 0.25) is 5.02 Å². The quantitative estimate of drug-likeness (QED) is 0.467. The van der Waals surface area contributed by atoms with E-state index in [0.717, 1.165) is 17.4 Å². The lowest BCUT2D eigenvalue weighted by molar-refractivity contribution is -0.141. The lowest BCUT2D eigenvalue weighted by atomic mass is 10.1. The molecular weight excluding hydrogens is 474 g/mol. The molecule has 7 nitrogen and oxygen atoms in total. The molecule has 0 aliphatic heterocycles. The van der Waals surface area contributed by atoms with Crippen LogP contribution in [0.5, 0.6) is 0 Å². The molecule has 2 aromatic carbocycles. The number of amides is 2. The molecule has 2 aromatic rings. The number of rotatable bonds is 12. The Bertz CT molecular complexity index is 1070. The lowest BCUT2D eigenvalue weighted by Gasteiger charge is -2.31. The smallest absolute Gasteiger partial charge is 0.242 e. The van der Waals surface area contributed by atoms with Gasteiger partial charge < -0.3 is 10.2 Å². The van der Waals surface area contributed by atoms with E-state index in [0.29, 0.717) is 30.1 Å². The first-order valence-electron chi connectivity index (χ1n) is 11.4. The summed E-state index contributed by atoms with van der Waals surface area (Å²) in [5, 5.41) is 3.40. The van der Waals surface area contributed by atoms with Crippen molar-refractivity contribution < 1.29 is 18.0 Å². The molecule has 0 radical (unpaired) electrons. The summed E-state index contributed by atoms with van der Waals surface area (Å²) in [6.07, 6.45) is 2.06. The van der Waals surface area contributed by atoms with Gasteiger partial charge in [-0.1, -0.05) is 48.9 Å². The summed E-state index contributed by atoms with van der Waals surface area (Å²) in [5.74, 6) is -0.406. The molecule has 0 saturated carbocycles. The van der Waals surface area contributed by atoms with E-state index >= 15 is 0 Å². The van der Waals surface area contributed by atoms with Gasteiger partial charge in [0.25, 0.3) is 0 Å². The Balaban J connectivity index is 2.20. The molecule has 1 N–H and O–H groups in total. The first-order chi connectivity index (χ1) is 16.1. The van der Waals surface area contributed by atoms with E-state index in [1.54, 1.807) is 29.2 Å². The van der Waals surface area contributed by atoms with Crippen molar-refractivity contribution >= 4 is 39.1 Å². The first-order valence-corrected chi connectivity index (χ1v) is 13.7. The molecule has 0 spiro atoms. The van der Waals surface area contributed by atoms with E-state index in [2.05, 4.69) is 5.32 Å². The Morgan fingerprint density at radius 3 is 2.26 bits per heavy atom. The zero-order valence-corrected chi connectivity index (χ0v) is 21.8. The molecule has 1 atom stereocenters. The highest BCUT2D eigenvalue weighted by molar-refractivity contribution is 7.92. The van der Waals surface area contributed by atoms with E-state index in [1.165, 1.54) is 4.31 Å². The van der Waals surface area contributed by atoms with Gasteiger partial charge in [0, 0.05) is 31.1 Å².